The lowest BCUT2D eigenvalue weighted by atomic mass is 10.2. The maximum absolute atomic E-state index is 14.6. The standard InChI is InChI=1S/C18H19ClF2N2O3S/c1-11-9-23(10-12(2)26-11)18-6-3-13(7-17(18)21)22-27(24,25)14-4-5-16(20)15(19)8-14/h3-8,11-12,22H,9-10H2,1-2H3/t11-,12+. The highest BCUT2D eigenvalue weighted by Gasteiger charge is 2.25. The van der Waals surface area contributed by atoms with Crippen LogP contribution < -0.4 is 9.62 Å². The second-order valence-electron chi connectivity index (χ2n) is 6.51. The number of anilines is 2. The molecule has 9 heteroatoms. The monoisotopic (exact) mass is 416 g/mol. The van der Waals surface area contributed by atoms with E-state index < -0.39 is 21.7 Å². The van der Waals surface area contributed by atoms with Gasteiger partial charge < -0.3 is 9.64 Å². The van der Waals surface area contributed by atoms with Gasteiger partial charge in [-0.2, -0.15) is 0 Å². The Morgan fingerprint density at radius 2 is 1.74 bits per heavy atom. The van der Waals surface area contributed by atoms with Gasteiger partial charge in [0.2, 0.25) is 0 Å². The van der Waals surface area contributed by atoms with Gasteiger partial charge in [0.05, 0.1) is 33.5 Å². The fourth-order valence-electron chi connectivity index (χ4n) is 3.06. The van der Waals surface area contributed by atoms with Crippen LogP contribution in [0.3, 0.4) is 0 Å². The van der Waals surface area contributed by atoms with Gasteiger partial charge in [-0.3, -0.25) is 4.72 Å². The predicted molar refractivity (Wildman–Crippen MR) is 101 cm³/mol. The van der Waals surface area contributed by atoms with Crippen LogP contribution in [0.15, 0.2) is 41.3 Å². The summed E-state index contributed by atoms with van der Waals surface area (Å²) in [4.78, 5) is 1.65. The first-order valence-corrected chi connectivity index (χ1v) is 10.2. The van der Waals surface area contributed by atoms with Crippen molar-refractivity contribution in [2.75, 3.05) is 22.7 Å². The summed E-state index contributed by atoms with van der Waals surface area (Å²) < 4.78 is 60.6. The maximum Gasteiger partial charge on any atom is 0.261 e. The minimum absolute atomic E-state index is 0.0328. The van der Waals surface area contributed by atoms with E-state index in [4.69, 9.17) is 16.3 Å². The SMILES string of the molecule is C[C@@H]1CN(c2ccc(NS(=O)(=O)c3ccc(F)c(Cl)c3)cc2F)C[C@H](C)O1. The fourth-order valence-corrected chi connectivity index (χ4v) is 4.38. The number of ether oxygens (including phenoxy) is 1. The van der Waals surface area contributed by atoms with Crippen molar-refractivity contribution in [3.63, 3.8) is 0 Å². The van der Waals surface area contributed by atoms with E-state index in [2.05, 4.69) is 4.72 Å². The van der Waals surface area contributed by atoms with Gasteiger partial charge in [0.15, 0.2) is 0 Å². The van der Waals surface area contributed by atoms with Crippen molar-refractivity contribution < 1.29 is 21.9 Å². The molecule has 0 unspecified atom stereocenters. The van der Waals surface area contributed by atoms with Crippen molar-refractivity contribution in [3.8, 4) is 0 Å². The summed E-state index contributed by atoms with van der Waals surface area (Å²) in [5.74, 6) is -1.27. The average molecular weight is 417 g/mol. The van der Waals surface area contributed by atoms with Crippen LogP contribution in [-0.2, 0) is 14.8 Å². The summed E-state index contributed by atoms with van der Waals surface area (Å²) in [7, 11) is -4.03. The summed E-state index contributed by atoms with van der Waals surface area (Å²) in [6, 6.07) is 7.16. The molecule has 0 aromatic heterocycles. The van der Waals surface area contributed by atoms with Gasteiger partial charge in [-0.05, 0) is 44.2 Å². The zero-order chi connectivity index (χ0) is 19.8. The van der Waals surface area contributed by atoms with Crippen LogP contribution in [0.4, 0.5) is 20.2 Å². The Morgan fingerprint density at radius 1 is 1.07 bits per heavy atom. The van der Waals surface area contributed by atoms with E-state index in [9.17, 15) is 17.2 Å². The normalized spacial score (nSPS) is 20.6. The number of morpholine rings is 1. The van der Waals surface area contributed by atoms with E-state index in [1.54, 1.807) is 0 Å². The van der Waals surface area contributed by atoms with Crippen molar-refractivity contribution in [1.82, 2.24) is 0 Å². The lowest BCUT2D eigenvalue weighted by Gasteiger charge is -2.37. The molecule has 27 heavy (non-hydrogen) atoms. The summed E-state index contributed by atoms with van der Waals surface area (Å²) in [6.07, 6.45) is -0.0656. The largest absolute Gasteiger partial charge is 0.372 e. The van der Waals surface area contributed by atoms with E-state index in [1.807, 2.05) is 18.7 Å². The highest BCUT2D eigenvalue weighted by atomic mass is 35.5. The lowest BCUT2D eigenvalue weighted by molar-refractivity contribution is -0.00539. The molecule has 2 aromatic carbocycles. The number of rotatable bonds is 4. The molecule has 0 radical (unpaired) electrons. The molecule has 2 atom stereocenters. The Labute approximate surface area is 161 Å². The summed E-state index contributed by atoms with van der Waals surface area (Å²) in [5.41, 5.74) is 0.441. The fraction of sp³-hybridized carbons (Fsp3) is 0.333. The molecular formula is C18H19ClF2N2O3S. The third-order valence-corrected chi connectivity index (χ3v) is 5.83. The van der Waals surface area contributed by atoms with Crippen LogP contribution in [0.1, 0.15) is 13.8 Å². The van der Waals surface area contributed by atoms with E-state index in [1.165, 1.54) is 12.1 Å². The van der Waals surface area contributed by atoms with Gasteiger partial charge in [0, 0.05) is 19.2 Å². The van der Waals surface area contributed by atoms with Crippen LogP contribution in [0.5, 0.6) is 0 Å². The second-order valence-corrected chi connectivity index (χ2v) is 8.60. The maximum atomic E-state index is 14.6. The molecule has 2 aromatic rings. The van der Waals surface area contributed by atoms with Crippen LogP contribution >= 0.6 is 11.6 Å². The van der Waals surface area contributed by atoms with E-state index in [0.717, 1.165) is 24.3 Å². The van der Waals surface area contributed by atoms with E-state index in [-0.39, 0.29) is 27.8 Å². The summed E-state index contributed by atoms with van der Waals surface area (Å²) in [5, 5.41) is -0.310. The molecule has 1 N–H and O–H groups in total. The Morgan fingerprint density at radius 3 is 2.33 bits per heavy atom. The van der Waals surface area contributed by atoms with Gasteiger partial charge in [-0.25, -0.2) is 17.2 Å². The topological polar surface area (TPSA) is 58.6 Å². The molecule has 146 valence electrons. The van der Waals surface area contributed by atoms with E-state index >= 15 is 0 Å². The molecule has 1 fully saturated rings. The molecule has 0 spiro atoms. The minimum atomic E-state index is -4.03. The van der Waals surface area contributed by atoms with Crippen LogP contribution in [0, 0.1) is 11.6 Å². The van der Waals surface area contributed by atoms with Crippen molar-refractivity contribution in [2.24, 2.45) is 0 Å². The number of nitrogens with one attached hydrogen (secondary N) is 1. The molecule has 0 saturated carbocycles. The number of nitrogens with zero attached hydrogens (tertiary/aromatic N) is 1. The Bertz CT molecular complexity index is 946. The zero-order valence-corrected chi connectivity index (χ0v) is 16.3. The number of hydrogen-bond donors (Lipinski definition) is 1. The zero-order valence-electron chi connectivity index (χ0n) is 14.7. The molecule has 0 amide bonds. The highest BCUT2D eigenvalue weighted by molar-refractivity contribution is 7.92. The molecule has 3 rings (SSSR count). The molecule has 0 bridgehead atoms. The van der Waals surface area contributed by atoms with Gasteiger partial charge >= 0.3 is 0 Å². The smallest absolute Gasteiger partial charge is 0.261 e. The van der Waals surface area contributed by atoms with Gasteiger partial charge in [-0.15, -0.1) is 0 Å². The number of sulfonamides is 1. The Kier molecular flexibility index (Phi) is 5.60. The molecule has 1 heterocycles. The lowest BCUT2D eigenvalue weighted by Crippen LogP contribution is -2.45. The summed E-state index contributed by atoms with van der Waals surface area (Å²) >= 11 is 5.64. The Hall–Kier alpha value is -1.90. The van der Waals surface area contributed by atoms with Crippen molar-refractivity contribution in [1.29, 1.82) is 0 Å². The first-order valence-electron chi connectivity index (χ1n) is 8.33. The Balaban J connectivity index is 1.82. The minimum Gasteiger partial charge on any atom is -0.372 e. The first kappa shape index (κ1) is 19.9. The van der Waals surface area contributed by atoms with Crippen molar-refractivity contribution in [2.45, 2.75) is 31.0 Å². The van der Waals surface area contributed by atoms with Crippen LogP contribution in [-0.4, -0.2) is 33.7 Å². The molecule has 1 aliphatic rings. The van der Waals surface area contributed by atoms with Gasteiger partial charge in [0.25, 0.3) is 10.0 Å². The first-order chi connectivity index (χ1) is 12.7. The molecule has 5 nitrogen and oxygen atoms in total. The quantitative estimate of drug-likeness (QED) is 0.817. The third-order valence-electron chi connectivity index (χ3n) is 4.16. The van der Waals surface area contributed by atoms with Crippen LogP contribution in [0.25, 0.3) is 0 Å². The third kappa shape index (κ3) is 4.51. The number of benzene rings is 2. The highest BCUT2D eigenvalue weighted by Crippen LogP contribution is 2.28. The number of halogens is 3. The van der Waals surface area contributed by atoms with Crippen LogP contribution in [0.2, 0.25) is 5.02 Å². The second kappa shape index (κ2) is 7.61. The van der Waals surface area contributed by atoms with E-state index in [0.29, 0.717) is 18.8 Å². The predicted octanol–water partition coefficient (Wildman–Crippen LogP) is 4.03. The summed E-state index contributed by atoms with van der Waals surface area (Å²) in [6.45, 7) is 4.91. The molecule has 0 aliphatic carbocycles. The molecule has 1 aliphatic heterocycles. The van der Waals surface area contributed by atoms with Gasteiger partial charge in [-0.1, -0.05) is 11.6 Å². The average Bonchev–Trinajstić information content (AvgIpc) is 2.56. The van der Waals surface area contributed by atoms with Crippen molar-refractivity contribution in [3.05, 3.63) is 53.1 Å². The van der Waals surface area contributed by atoms with Crippen molar-refractivity contribution >= 4 is 33.0 Å². The molecule has 1 saturated heterocycles. The number of hydrogen-bond acceptors (Lipinski definition) is 4. The molecular weight excluding hydrogens is 398 g/mol. The van der Waals surface area contributed by atoms with Gasteiger partial charge in [0.1, 0.15) is 11.6 Å².